The second-order valence-electron chi connectivity index (χ2n) is 6.49. The number of thioether (sulfide) groups is 1. The van der Waals surface area contributed by atoms with Gasteiger partial charge in [0.05, 0.1) is 5.75 Å². The van der Waals surface area contributed by atoms with E-state index in [0.29, 0.717) is 29.3 Å². The molecule has 140 valence electrons. The molecule has 26 heavy (non-hydrogen) atoms. The fourth-order valence-electron chi connectivity index (χ4n) is 2.27. The van der Waals surface area contributed by atoms with Crippen molar-refractivity contribution >= 4 is 35.1 Å². The largest absolute Gasteiger partial charge is 0.355 e. The lowest BCUT2D eigenvalue weighted by molar-refractivity contribution is -0.118. The number of halogens is 1. The van der Waals surface area contributed by atoms with Crippen LogP contribution in [0.3, 0.4) is 0 Å². The Labute approximate surface area is 164 Å². The van der Waals surface area contributed by atoms with E-state index in [4.69, 9.17) is 11.6 Å². The molecule has 0 aliphatic heterocycles. The van der Waals surface area contributed by atoms with Crippen molar-refractivity contribution in [2.24, 2.45) is 5.92 Å². The molecule has 1 amide bonds. The molecular weight excluding hydrogens is 368 g/mol. The Morgan fingerprint density at radius 2 is 2.00 bits per heavy atom. The number of carbonyl (C=O) groups is 1. The van der Waals surface area contributed by atoms with Gasteiger partial charge in [-0.2, -0.15) is 0 Å². The summed E-state index contributed by atoms with van der Waals surface area (Å²) in [5, 5.41) is 3.79. The summed E-state index contributed by atoms with van der Waals surface area (Å²) in [5.41, 5.74) is 1.18. The normalized spacial score (nSPS) is 10.8. The standard InChI is InChI=1S/C19H25ClN4OS/c1-14(2)9-10-21-18(25)13-26-19-22-16(20)11-17(23-19)24(3)12-15-7-5-4-6-8-15/h4-8,11,14H,9-10,12-13H2,1-3H3,(H,21,25). The van der Waals surface area contributed by atoms with Gasteiger partial charge in [0.2, 0.25) is 5.91 Å². The molecule has 2 rings (SSSR count). The van der Waals surface area contributed by atoms with Gasteiger partial charge in [0.1, 0.15) is 11.0 Å². The molecule has 0 atom stereocenters. The van der Waals surface area contributed by atoms with Crippen molar-refractivity contribution < 1.29 is 4.79 Å². The van der Waals surface area contributed by atoms with E-state index in [9.17, 15) is 4.79 Å². The van der Waals surface area contributed by atoms with E-state index in [-0.39, 0.29) is 11.7 Å². The number of benzene rings is 1. The van der Waals surface area contributed by atoms with Crippen LogP contribution in [-0.4, -0.2) is 35.2 Å². The molecule has 0 spiro atoms. The highest BCUT2D eigenvalue weighted by atomic mass is 35.5. The topological polar surface area (TPSA) is 58.1 Å². The molecule has 0 saturated heterocycles. The fourth-order valence-corrected chi connectivity index (χ4v) is 3.18. The summed E-state index contributed by atoms with van der Waals surface area (Å²) in [5.74, 6) is 1.57. The Balaban J connectivity index is 1.93. The lowest BCUT2D eigenvalue weighted by Gasteiger charge is -2.19. The summed E-state index contributed by atoms with van der Waals surface area (Å²) in [6.07, 6.45) is 0.971. The molecule has 5 nitrogen and oxygen atoms in total. The molecule has 0 aliphatic rings. The number of aromatic nitrogens is 2. The second kappa shape index (κ2) is 10.4. The van der Waals surface area contributed by atoms with Crippen molar-refractivity contribution in [2.75, 3.05) is 24.2 Å². The average molecular weight is 393 g/mol. The van der Waals surface area contributed by atoms with Crippen molar-refractivity contribution in [3.8, 4) is 0 Å². The van der Waals surface area contributed by atoms with Gasteiger partial charge < -0.3 is 10.2 Å². The minimum absolute atomic E-state index is 0.0154. The van der Waals surface area contributed by atoms with Crippen LogP contribution in [0.15, 0.2) is 41.6 Å². The van der Waals surface area contributed by atoms with Crippen molar-refractivity contribution in [3.63, 3.8) is 0 Å². The SMILES string of the molecule is CC(C)CCNC(=O)CSc1nc(Cl)cc(N(C)Cc2ccccc2)n1. The molecule has 0 radical (unpaired) electrons. The third kappa shape index (κ3) is 7.22. The maximum absolute atomic E-state index is 11.9. The maximum atomic E-state index is 11.9. The quantitative estimate of drug-likeness (QED) is 0.396. The Morgan fingerprint density at radius 3 is 2.69 bits per heavy atom. The third-order valence-corrected chi connectivity index (χ3v) is 4.73. The van der Waals surface area contributed by atoms with E-state index < -0.39 is 0 Å². The summed E-state index contributed by atoms with van der Waals surface area (Å²) < 4.78 is 0. The van der Waals surface area contributed by atoms with Gasteiger partial charge in [0.25, 0.3) is 0 Å². The summed E-state index contributed by atoms with van der Waals surface area (Å²) >= 11 is 7.43. The van der Waals surface area contributed by atoms with Gasteiger partial charge in [-0.15, -0.1) is 0 Å². The average Bonchev–Trinajstić information content (AvgIpc) is 2.60. The molecule has 0 bridgehead atoms. The zero-order chi connectivity index (χ0) is 18.9. The second-order valence-corrected chi connectivity index (χ2v) is 7.82. The first-order valence-electron chi connectivity index (χ1n) is 8.63. The van der Waals surface area contributed by atoms with Gasteiger partial charge in [-0.05, 0) is 17.9 Å². The van der Waals surface area contributed by atoms with Crippen molar-refractivity contribution in [1.82, 2.24) is 15.3 Å². The minimum atomic E-state index is -0.0154. The van der Waals surface area contributed by atoms with Crippen LogP contribution in [-0.2, 0) is 11.3 Å². The van der Waals surface area contributed by atoms with Crippen molar-refractivity contribution in [3.05, 3.63) is 47.1 Å². The molecule has 0 saturated carbocycles. The van der Waals surface area contributed by atoms with E-state index in [0.717, 1.165) is 12.2 Å². The highest BCUT2D eigenvalue weighted by Gasteiger charge is 2.11. The van der Waals surface area contributed by atoms with Gasteiger partial charge in [0.15, 0.2) is 5.16 Å². The number of rotatable bonds is 9. The molecule has 1 aromatic carbocycles. The molecular formula is C19H25ClN4OS. The zero-order valence-corrected chi connectivity index (χ0v) is 17.0. The first-order valence-corrected chi connectivity index (χ1v) is 9.99. The van der Waals surface area contributed by atoms with Crippen LogP contribution in [0, 0.1) is 5.92 Å². The molecule has 0 aliphatic carbocycles. The fraction of sp³-hybridized carbons (Fsp3) is 0.421. The van der Waals surface area contributed by atoms with Crippen LogP contribution in [0.2, 0.25) is 5.15 Å². The number of carbonyl (C=O) groups excluding carboxylic acids is 1. The van der Waals surface area contributed by atoms with Gasteiger partial charge in [-0.25, -0.2) is 9.97 Å². The van der Waals surface area contributed by atoms with Crippen LogP contribution in [0.5, 0.6) is 0 Å². The van der Waals surface area contributed by atoms with Crippen LogP contribution in [0.1, 0.15) is 25.8 Å². The lowest BCUT2D eigenvalue weighted by Crippen LogP contribution is -2.27. The van der Waals surface area contributed by atoms with E-state index in [1.165, 1.54) is 17.3 Å². The molecule has 0 fully saturated rings. The third-order valence-electron chi connectivity index (χ3n) is 3.69. The van der Waals surface area contributed by atoms with Crippen LogP contribution >= 0.6 is 23.4 Å². The predicted molar refractivity (Wildman–Crippen MR) is 109 cm³/mol. The number of amides is 1. The van der Waals surface area contributed by atoms with Gasteiger partial charge in [-0.3, -0.25) is 4.79 Å². The Bertz CT molecular complexity index is 712. The number of hydrogen-bond acceptors (Lipinski definition) is 5. The molecule has 1 aromatic heterocycles. The Morgan fingerprint density at radius 1 is 1.27 bits per heavy atom. The van der Waals surface area contributed by atoms with Crippen LogP contribution < -0.4 is 10.2 Å². The van der Waals surface area contributed by atoms with E-state index in [1.807, 2.05) is 30.1 Å². The van der Waals surface area contributed by atoms with Gasteiger partial charge in [-0.1, -0.05) is 67.5 Å². The Kier molecular flexibility index (Phi) is 8.19. The first-order chi connectivity index (χ1) is 12.4. The smallest absolute Gasteiger partial charge is 0.230 e. The highest BCUT2D eigenvalue weighted by molar-refractivity contribution is 7.99. The predicted octanol–water partition coefficient (Wildman–Crippen LogP) is 4.02. The van der Waals surface area contributed by atoms with Gasteiger partial charge >= 0.3 is 0 Å². The number of nitrogens with zero attached hydrogens (tertiary/aromatic N) is 3. The van der Waals surface area contributed by atoms with Crippen molar-refractivity contribution in [1.29, 1.82) is 0 Å². The zero-order valence-electron chi connectivity index (χ0n) is 15.4. The van der Waals surface area contributed by atoms with Gasteiger partial charge in [0, 0.05) is 26.2 Å². The lowest BCUT2D eigenvalue weighted by atomic mass is 10.1. The van der Waals surface area contributed by atoms with E-state index >= 15 is 0 Å². The Hall–Kier alpha value is -1.79. The monoisotopic (exact) mass is 392 g/mol. The summed E-state index contributed by atoms with van der Waals surface area (Å²) in [4.78, 5) is 22.7. The summed E-state index contributed by atoms with van der Waals surface area (Å²) in [6.45, 7) is 5.68. The molecule has 2 aromatic rings. The molecule has 1 heterocycles. The molecule has 0 unspecified atom stereocenters. The number of hydrogen-bond donors (Lipinski definition) is 1. The molecule has 1 N–H and O–H groups in total. The minimum Gasteiger partial charge on any atom is -0.355 e. The molecule has 7 heteroatoms. The van der Waals surface area contributed by atoms with Crippen molar-refractivity contribution in [2.45, 2.75) is 32.0 Å². The van der Waals surface area contributed by atoms with Crippen LogP contribution in [0.25, 0.3) is 0 Å². The van der Waals surface area contributed by atoms with E-state index in [1.54, 1.807) is 6.07 Å². The first kappa shape index (κ1) is 20.5. The summed E-state index contributed by atoms with van der Waals surface area (Å²) in [6, 6.07) is 11.9. The van der Waals surface area contributed by atoms with Crippen LogP contribution in [0.4, 0.5) is 5.82 Å². The van der Waals surface area contributed by atoms with E-state index in [2.05, 4.69) is 41.3 Å². The summed E-state index contributed by atoms with van der Waals surface area (Å²) in [7, 11) is 1.96. The number of anilines is 1. The number of nitrogens with one attached hydrogen (secondary N) is 1. The maximum Gasteiger partial charge on any atom is 0.230 e. The highest BCUT2D eigenvalue weighted by Crippen LogP contribution is 2.22.